The van der Waals surface area contributed by atoms with E-state index in [1.807, 2.05) is 31.2 Å². The minimum Gasteiger partial charge on any atom is -0.507 e. The molecule has 0 radical (unpaired) electrons. The third-order valence-electron chi connectivity index (χ3n) is 6.10. The predicted octanol–water partition coefficient (Wildman–Crippen LogP) is 4.25. The minimum absolute atomic E-state index is 0.0834. The number of ketones is 1. The molecule has 1 saturated heterocycles. The van der Waals surface area contributed by atoms with Gasteiger partial charge >= 0.3 is 0 Å². The number of aliphatic hydroxyl groups excluding tert-OH is 1. The van der Waals surface area contributed by atoms with E-state index in [0.29, 0.717) is 31.0 Å². The van der Waals surface area contributed by atoms with Crippen LogP contribution < -0.4 is 9.47 Å². The minimum atomic E-state index is -0.693. The number of Topliss-reactive ketones (excluding diaryl/α,β-unsaturated/α-hetero) is 1. The number of carbonyl (C=O) groups is 2. The van der Waals surface area contributed by atoms with Gasteiger partial charge in [0.15, 0.2) is 0 Å². The maximum atomic E-state index is 13.2. The van der Waals surface area contributed by atoms with E-state index in [0.717, 1.165) is 30.8 Å². The van der Waals surface area contributed by atoms with E-state index < -0.39 is 17.7 Å². The zero-order valence-corrected chi connectivity index (χ0v) is 20.4. The molecular weight excluding hydrogens is 432 g/mol. The first-order valence-electron chi connectivity index (χ1n) is 11.8. The number of amides is 1. The lowest BCUT2D eigenvalue weighted by Gasteiger charge is -2.28. The lowest BCUT2D eigenvalue weighted by atomic mass is 9.95. The van der Waals surface area contributed by atoms with Gasteiger partial charge in [0.05, 0.1) is 25.3 Å². The van der Waals surface area contributed by atoms with Crippen molar-refractivity contribution in [2.45, 2.75) is 33.2 Å². The number of benzene rings is 2. The summed E-state index contributed by atoms with van der Waals surface area (Å²) in [6.07, 6.45) is 0.897. The summed E-state index contributed by atoms with van der Waals surface area (Å²) in [5.74, 6) is -0.227. The fraction of sp³-hybridized carbons (Fsp3) is 0.407. The van der Waals surface area contributed by atoms with Crippen molar-refractivity contribution in [3.63, 3.8) is 0 Å². The third-order valence-corrected chi connectivity index (χ3v) is 6.10. The molecule has 1 aliphatic heterocycles. The average molecular weight is 467 g/mol. The Kier molecular flexibility index (Phi) is 8.71. The van der Waals surface area contributed by atoms with Gasteiger partial charge in [0.1, 0.15) is 17.3 Å². The number of hydrogen-bond donors (Lipinski definition) is 1. The van der Waals surface area contributed by atoms with E-state index in [1.54, 1.807) is 29.2 Å². The Bertz CT molecular complexity index is 1030. The Morgan fingerprint density at radius 2 is 1.74 bits per heavy atom. The van der Waals surface area contributed by atoms with Crippen LogP contribution in [0.3, 0.4) is 0 Å². The van der Waals surface area contributed by atoms with Crippen LogP contribution in [0, 0.1) is 0 Å². The number of rotatable bonds is 11. The number of methoxy groups -OCH3 is 1. The van der Waals surface area contributed by atoms with Gasteiger partial charge in [-0.1, -0.05) is 45.0 Å². The van der Waals surface area contributed by atoms with Crippen molar-refractivity contribution >= 4 is 17.4 Å². The molecule has 0 spiro atoms. The summed E-state index contributed by atoms with van der Waals surface area (Å²) in [5, 5.41) is 11.2. The molecule has 1 unspecified atom stereocenters. The number of aliphatic hydroxyl groups is 1. The van der Waals surface area contributed by atoms with Gasteiger partial charge < -0.3 is 24.4 Å². The highest BCUT2D eigenvalue weighted by molar-refractivity contribution is 6.46. The van der Waals surface area contributed by atoms with Gasteiger partial charge in [-0.3, -0.25) is 9.59 Å². The number of likely N-dealkylation sites (tertiary alicyclic amines) is 1. The average Bonchev–Trinajstić information content (AvgIpc) is 3.13. The second kappa shape index (κ2) is 11.7. The highest BCUT2D eigenvalue weighted by atomic mass is 16.5. The molecule has 7 heteroatoms. The van der Waals surface area contributed by atoms with Crippen molar-refractivity contribution in [3.8, 4) is 11.5 Å². The summed E-state index contributed by atoms with van der Waals surface area (Å²) < 4.78 is 11.0. The van der Waals surface area contributed by atoms with Crippen molar-refractivity contribution in [2.24, 2.45) is 0 Å². The van der Waals surface area contributed by atoms with E-state index in [2.05, 4.69) is 18.7 Å². The number of hydrogen-bond acceptors (Lipinski definition) is 6. The van der Waals surface area contributed by atoms with Gasteiger partial charge in [0.25, 0.3) is 11.7 Å². The van der Waals surface area contributed by atoms with Crippen molar-refractivity contribution in [2.75, 3.05) is 39.9 Å². The molecule has 1 fully saturated rings. The monoisotopic (exact) mass is 466 g/mol. The van der Waals surface area contributed by atoms with Crippen LogP contribution in [0.15, 0.2) is 54.1 Å². The molecule has 1 heterocycles. The molecule has 0 aliphatic carbocycles. The van der Waals surface area contributed by atoms with Gasteiger partial charge in [-0.15, -0.1) is 0 Å². The van der Waals surface area contributed by atoms with E-state index in [4.69, 9.17) is 9.47 Å². The van der Waals surface area contributed by atoms with Crippen molar-refractivity contribution < 1.29 is 24.2 Å². The SMILES string of the molecule is CCCOc1ccc(C2C(=C(O)c3cccc(OC)c3)C(=O)C(=O)N2CCN(CC)CC)cc1. The van der Waals surface area contributed by atoms with Crippen LogP contribution in [-0.4, -0.2) is 66.5 Å². The van der Waals surface area contributed by atoms with Crippen molar-refractivity contribution in [1.29, 1.82) is 0 Å². The molecule has 1 amide bonds. The molecule has 1 atom stereocenters. The Balaban J connectivity index is 2.06. The molecular formula is C27H34N2O5. The molecule has 34 heavy (non-hydrogen) atoms. The van der Waals surface area contributed by atoms with Gasteiger partial charge in [0, 0.05) is 18.7 Å². The molecule has 2 aromatic carbocycles. The van der Waals surface area contributed by atoms with Crippen LogP contribution >= 0.6 is 0 Å². The van der Waals surface area contributed by atoms with E-state index >= 15 is 0 Å². The first-order chi connectivity index (χ1) is 16.4. The lowest BCUT2D eigenvalue weighted by Crippen LogP contribution is -2.38. The smallest absolute Gasteiger partial charge is 0.295 e. The van der Waals surface area contributed by atoms with Crippen molar-refractivity contribution in [1.82, 2.24) is 9.80 Å². The Morgan fingerprint density at radius 3 is 2.35 bits per heavy atom. The molecule has 1 N–H and O–H groups in total. The molecule has 182 valence electrons. The first-order valence-corrected chi connectivity index (χ1v) is 11.8. The standard InChI is InChI=1S/C27H34N2O5/c1-5-17-34-21-13-11-19(12-14-21)24-23(25(30)20-9-8-10-22(18-20)33-4)26(31)27(32)29(24)16-15-28(6-2)7-3/h8-14,18,24,30H,5-7,15-17H2,1-4H3. The topological polar surface area (TPSA) is 79.3 Å². The second-order valence-electron chi connectivity index (χ2n) is 8.17. The molecule has 2 aromatic rings. The molecule has 0 aromatic heterocycles. The molecule has 7 nitrogen and oxygen atoms in total. The second-order valence-corrected chi connectivity index (χ2v) is 8.17. The molecule has 0 saturated carbocycles. The number of likely N-dealkylation sites (N-methyl/N-ethyl adjacent to an activating group) is 1. The summed E-state index contributed by atoms with van der Waals surface area (Å²) in [5.41, 5.74) is 1.25. The zero-order chi connectivity index (χ0) is 24.7. The lowest BCUT2D eigenvalue weighted by molar-refractivity contribution is -0.140. The van der Waals surface area contributed by atoms with E-state index in [9.17, 15) is 14.7 Å². The molecule has 1 aliphatic rings. The van der Waals surface area contributed by atoms with E-state index in [1.165, 1.54) is 7.11 Å². The normalized spacial score (nSPS) is 17.4. The fourth-order valence-electron chi connectivity index (χ4n) is 4.14. The van der Waals surface area contributed by atoms with Crippen LogP contribution in [0.5, 0.6) is 11.5 Å². The van der Waals surface area contributed by atoms with Gasteiger partial charge in [-0.25, -0.2) is 0 Å². The summed E-state index contributed by atoms with van der Waals surface area (Å²) in [4.78, 5) is 30.1. The number of nitrogens with zero attached hydrogens (tertiary/aromatic N) is 2. The Labute approximate surface area is 201 Å². The number of ether oxygens (including phenoxy) is 2. The number of carbonyl (C=O) groups excluding carboxylic acids is 2. The van der Waals surface area contributed by atoms with Crippen LogP contribution in [0.25, 0.3) is 5.76 Å². The quantitative estimate of drug-likeness (QED) is 0.303. The van der Waals surface area contributed by atoms with Gasteiger partial charge in [-0.2, -0.15) is 0 Å². The molecule has 0 bridgehead atoms. The van der Waals surface area contributed by atoms with Crippen LogP contribution in [0.2, 0.25) is 0 Å². The highest BCUT2D eigenvalue weighted by Crippen LogP contribution is 2.40. The fourth-order valence-corrected chi connectivity index (χ4v) is 4.14. The summed E-state index contributed by atoms with van der Waals surface area (Å²) in [7, 11) is 1.54. The maximum Gasteiger partial charge on any atom is 0.295 e. The summed E-state index contributed by atoms with van der Waals surface area (Å²) in [6, 6.07) is 13.5. The zero-order valence-electron chi connectivity index (χ0n) is 20.4. The van der Waals surface area contributed by atoms with Crippen molar-refractivity contribution in [3.05, 3.63) is 65.2 Å². The Morgan fingerprint density at radius 1 is 1.03 bits per heavy atom. The summed E-state index contributed by atoms with van der Waals surface area (Å²) in [6.45, 7) is 9.47. The van der Waals surface area contributed by atoms with Crippen LogP contribution in [0.4, 0.5) is 0 Å². The molecule has 3 rings (SSSR count). The van der Waals surface area contributed by atoms with Crippen LogP contribution in [0.1, 0.15) is 44.4 Å². The van der Waals surface area contributed by atoms with Crippen LogP contribution in [-0.2, 0) is 9.59 Å². The summed E-state index contributed by atoms with van der Waals surface area (Å²) >= 11 is 0. The first kappa shape index (κ1) is 25.3. The largest absolute Gasteiger partial charge is 0.507 e. The highest BCUT2D eigenvalue weighted by Gasteiger charge is 2.46. The predicted molar refractivity (Wildman–Crippen MR) is 132 cm³/mol. The van der Waals surface area contributed by atoms with Gasteiger partial charge in [0.2, 0.25) is 0 Å². The third kappa shape index (κ3) is 5.42. The maximum absolute atomic E-state index is 13.2. The van der Waals surface area contributed by atoms with E-state index in [-0.39, 0.29) is 11.3 Å². The van der Waals surface area contributed by atoms with Gasteiger partial charge in [-0.05, 0) is 49.3 Å². The Hall–Kier alpha value is -3.32.